The summed E-state index contributed by atoms with van der Waals surface area (Å²) in [5, 5.41) is 2.59. The fourth-order valence-electron chi connectivity index (χ4n) is 2.28. The van der Waals surface area contributed by atoms with Crippen molar-refractivity contribution >= 4 is 21.6 Å². The van der Waals surface area contributed by atoms with Gasteiger partial charge in [-0.3, -0.25) is 9.10 Å². The highest BCUT2D eigenvalue weighted by Gasteiger charge is 2.21. The van der Waals surface area contributed by atoms with Crippen molar-refractivity contribution in [2.45, 2.75) is 6.92 Å². The van der Waals surface area contributed by atoms with E-state index in [0.717, 1.165) is 22.2 Å². The van der Waals surface area contributed by atoms with E-state index in [1.165, 1.54) is 18.2 Å². The van der Waals surface area contributed by atoms with Crippen LogP contribution in [0.5, 0.6) is 5.75 Å². The molecule has 0 aliphatic carbocycles. The summed E-state index contributed by atoms with van der Waals surface area (Å²) in [5.41, 5.74) is 1.16. The summed E-state index contributed by atoms with van der Waals surface area (Å²) < 4.78 is 43.6. The van der Waals surface area contributed by atoms with Gasteiger partial charge in [0.1, 0.15) is 24.7 Å². The van der Waals surface area contributed by atoms with Crippen molar-refractivity contribution < 1.29 is 22.3 Å². The predicted molar refractivity (Wildman–Crippen MR) is 98.3 cm³/mol. The number of aryl methyl sites for hydroxylation is 1. The third-order valence-corrected chi connectivity index (χ3v) is 4.61. The van der Waals surface area contributed by atoms with Gasteiger partial charge in [-0.15, -0.1) is 0 Å². The molecule has 0 radical (unpaired) electrons. The van der Waals surface area contributed by atoms with Gasteiger partial charge in [0.15, 0.2) is 0 Å². The minimum atomic E-state index is -3.73. The number of carbonyl (C=O) groups excluding carboxylic acids is 1. The van der Waals surface area contributed by atoms with E-state index in [0.29, 0.717) is 5.75 Å². The third kappa shape index (κ3) is 6.03. The second-order valence-electron chi connectivity index (χ2n) is 5.76. The van der Waals surface area contributed by atoms with Crippen LogP contribution in [0.15, 0.2) is 48.5 Å². The Kier molecular flexibility index (Phi) is 6.57. The molecule has 0 atom stereocenters. The summed E-state index contributed by atoms with van der Waals surface area (Å²) >= 11 is 0. The first-order chi connectivity index (χ1) is 12.3. The molecule has 0 saturated carbocycles. The quantitative estimate of drug-likeness (QED) is 0.712. The average molecular weight is 380 g/mol. The molecule has 6 nitrogen and oxygen atoms in total. The summed E-state index contributed by atoms with van der Waals surface area (Å²) in [7, 11) is -3.73. The van der Waals surface area contributed by atoms with Crippen LogP contribution in [0.2, 0.25) is 0 Å². The molecule has 1 N–H and O–H groups in total. The zero-order valence-electron chi connectivity index (χ0n) is 14.6. The van der Waals surface area contributed by atoms with Gasteiger partial charge in [0.25, 0.3) is 0 Å². The first-order valence-electron chi connectivity index (χ1n) is 7.95. The van der Waals surface area contributed by atoms with Gasteiger partial charge in [-0.05, 0) is 42.8 Å². The molecule has 0 spiro atoms. The van der Waals surface area contributed by atoms with Gasteiger partial charge < -0.3 is 10.1 Å². The van der Waals surface area contributed by atoms with Crippen molar-refractivity contribution in [2.75, 3.05) is 30.3 Å². The maximum atomic E-state index is 13.4. The van der Waals surface area contributed by atoms with Crippen molar-refractivity contribution in [1.82, 2.24) is 5.32 Å². The molecule has 2 rings (SSSR count). The zero-order chi connectivity index (χ0) is 19.2. The molecule has 0 saturated heterocycles. The van der Waals surface area contributed by atoms with E-state index < -0.39 is 28.3 Å². The van der Waals surface area contributed by atoms with Crippen molar-refractivity contribution in [3.63, 3.8) is 0 Å². The number of ether oxygens (including phenoxy) is 1. The van der Waals surface area contributed by atoms with Crippen LogP contribution in [0.3, 0.4) is 0 Å². The lowest BCUT2D eigenvalue weighted by Gasteiger charge is -2.21. The van der Waals surface area contributed by atoms with Gasteiger partial charge in [-0.1, -0.05) is 18.2 Å². The lowest BCUT2D eigenvalue weighted by Crippen LogP contribution is -2.41. The highest BCUT2D eigenvalue weighted by Crippen LogP contribution is 2.18. The number of anilines is 1. The minimum Gasteiger partial charge on any atom is -0.492 e. The number of sulfonamides is 1. The number of benzene rings is 2. The second-order valence-corrected chi connectivity index (χ2v) is 7.67. The molecule has 2 aromatic rings. The first kappa shape index (κ1) is 19.7. The Bertz CT molecular complexity index is 871. The fourth-order valence-corrected chi connectivity index (χ4v) is 3.13. The highest BCUT2D eigenvalue weighted by molar-refractivity contribution is 7.92. The van der Waals surface area contributed by atoms with E-state index in [-0.39, 0.29) is 18.8 Å². The maximum absolute atomic E-state index is 13.4. The summed E-state index contributed by atoms with van der Waals surface area (Å²) in [6.07, 6.45) is 0.964. The Morgan fingerprint density at radius 1 is 1.19 bits per heavy atom. The number of carbonyl (C=O) groups is 1. The van der Waals surface area contributed by atoms with Gasteiger partial charge >= 0.3 is 0 Å². The van der Waals surface area contributed by atoms with Crippen LogP contribution in [0.4, 0.5) is 10.1 Å². The fraction of sp³-hybridized carbons (Fsp3) is 0.278. The zero-order valence-corrected chi connectivity index (χ0v) is 15.4. The van der Waals surface area contributed by atoms with Crippen LogP contribution in [0, 0.1) is 12.7 Å². The number of nitrogens with zero attached hydrogens (tertiary/aromatic N) is 1. The molecule has 0 heterocycles. The van der Waals surface area contributed by atoms with E-state index >= 15 is 0 Å². The van der Waals surface area contributed by atoms with Crippen molar-refractivity contribution in [2.24, 2.45) is 0 Å². The Morgan fingerprint density at radius 2 is 1.92 bits per heavy atom. The second kappa shape index (κ2) is 8.66. The molecular formula is C18H21FN2O4S. The van der Waals surface area contributed by atoms with Gasteiger partial charge in [0.05, 0.1) is 18.5 Å². The molecule has 140 valence electrons. The minimum absolute atomic E-state index is 0.0960. The molecule has 0 bridgehead atoms. The van der Waals surface area contributed by atoms with Crippen LogP contribution >= 0.6 is 0 Å². The van der Waals surface area contributed by atoms with Gasteiger partial charge in [-0.2, -0.15) is 0 Å². The van der Waals surface area contributed by atoms with E-state index in [1.807, 2.05) is 31.2 Å². The number of halogens is 1. The number of rotatable bonds is 8. The molecule has 2 aromatic carbocycles. The Balaban J connectivity index is 1.89. The van der Waals surface area contributed by atoms with Gasteiger partial charge in [0, 0.05) is 0 Å². The van der Waals surface area contributed by atoms with Crippen LogP contribution in [0.25, 0.3) is 0 Å². The molecule has 8 heteroatoms. The summed E-state index contributed by atoms with van der Waals surface area (Å²) in [5.74, 6) is -0.396. The largest absolute Gasteiger partial charge is 0.492 e. The summed E-state index contributed by atoms with van der Waals surface area (Å²) in [4.78, 5) is 12.1. The normalized spacial score (nSPS) is 11.0. The molecule has 0 unspecified atom stereocenters. The van der Waals surface area contributed by atoms with Crippen molar-refractivity contribution in [1.29, 1.82) is 0 Å². The third-order valence-electron chi connectivity index (χ3n) is 3.47. The van der Waals surface area contributed by atoms with Crippen molar-refractivity contribution in [3.8, 4) is 5.75 Å². The number of nitrogens with one attached hydrogen (secondary N) is 1. The molecule has 0 aliphatic rings. The Morgan fingerprint density at radius 3 is 2.58 bits per heavy atom. The lowest BCUT2D eigenvalue weighted by atomic mass is 10.2. The Hall–Kier alpha value is -2.61. The van der Waals surface area contributed by atoms with Gasteiger partial charge in [-0.25, -0.2) is 12.8 Å². The average Bonchev–Trinajstić information content (AvgIpc) is 2.55. The SMILES string of the molecule is Cc1cccc(OCCNC(=O)CN(c2cccc(F)c2)S(C)(=O)=O)c1. The molecule has 0 fully saturated rings. The van der Waals surface area contributed by atoms with Gasteiger partial charge in [0.2, 0.25) is 15.9 Å². The molecule has 0 aliphatic heterocycles. The lowest BCUT2D eigenvalue weighted by molar-refractivity contribution is -0.119. The summed E-state index contributed by atoms with van der Waals surface area (Å²) in [6.45, 7) is 1.97. The van der Waals surface area contributed by atoms with E-state index in [2.05, 4.69) is 5.32 Å². The van der Waals surface area contributed by atoms with Crippen LogP contribution in [-0.2, 0) is 14.8 Å². The van der Waals surface area contributed by atoms with Crippen LogP contribution < -0.4 is 14.4 Å². The number of amides is 1. The van der Waals surface area contributed by atoms with Crippen LogP contribution in [0.1, 0.15) is 5.56 Å². The molecular weight excluding hydrogens is 359 g/mol. The molecule has 26 heavy (non-hydrogen) atoms. The molecule has 0 aromatic heterocycles. The number of hydrogen-bond donors (Lipinski definition) is 1. The van der Waals surface area contributed by atoms with Crippen LogP contribution in [-0.4, -0.2) is 40.3 Å². The highest BCUT2D eigenvalue weighted by atomic mass is 32.2. The monoisotopic (exact) mass is 380 g/mol. The Labute approximate surface area is 152 Å². The number of hydrogen-bond acceptors (Lipinski definition) is 4. The first-order valence-corrected chi connectivity index (χ1v) is 9.80. The smallest absolute Gasteiger partial charge is 0.240 e. The van der Waals surface area contributed by atoms with Crippen molar-refractivity contribution in [3.05, 3.63) is 59.9 Å². The van der Waals surface area contributed by atoms with E-state index in [4.69, 9.17) is 4.74 Å². The maximum Gasteiger partial charge on any atom is 0.240 e. The molecule has 1 amide bonds. The standard InChI is InChI=1S/C18H21FN2O4S/c1-14-5-3-8-17(11-14)25-10-9-20-18(22)13-21(26(2,23)24)16-7-4-6-15(19)12-16/h3-8,11-12H,9-10,13H2,1-2H3,(H,20,22). The topological polar surface area (TPSA) is 75.7 Å². The predicted octanol–water partition coefficient (Wildman–Crippen LogP) is 2.10. The van der Waals surface area contributed by atoms with E-state index in [1.54, 1.807) is 0 Å². The summed E-state index contributed by atoms with van der Waals surface area (Å²) in [6, 6.07) is 12.6. The van der Waals surface area contributed by atoms with E-state index in [9.17, 15) is 17.6 Å².